The third-order valence-electron chi connectivity index (χ3n) is 3.68. The average Bonchev–Trinajstić information content (AvgIpc) is 2.89. The van der Waals surface area contributed by atoms with Crippen molar-refractivity contribution in [2.24, 2.45) is 0 Å². The lowest BCUT2D eigenvalue weighted by Crippen LogP contribution is -2.48. The third kappa shape index (κ3) is 3.50. The van der Waals surface area contributed by atoms with Crippen LogP contribution in [0.5, 0.6) is 5.19 Å². The van der Waals surface area contributed by atoms with Gasteiger partial charge in [0.2, 0.25) is 0 Å². The quantitative estimate of drug-likeness (QED) is 0.945. The van der Waals surface area contributed by atoms with Crippen molar-refractivity contribution in [1.29, 1.82) is 0 Å². The molecule has 6 heteroatoms. The Labute approximate surface area is 134 Å². The Hall–Kier alpha value is -1.82. The summed E-state index contributed by atoms with van der Waals surface area (Å²) in [5, 5.41) is 3.66. The van der Waals surface area contributed by atoms with Gasteiger partial charge in [-0.25, -0.2) is 9.78 Å². The molecule has 1 fully saturated rings. The van der Waals surface area contributed by atoms with Crippen LogP contribution in [0.15, 0.2) is 24.3 Å². The average molecular weight is 319 g/mol. The van der Waals surface area contributed by atoms with Gasteiger partial charge in [-0.15, -0.1) is 0 Å². The van der Waals surface area contributed by atoms with Crippen LogP contribution in [-0.2, 0) is 0 Å². The number of likely N-dealkylation sites (tertiary alicyclic amines) is 1. The van der Waals surface area contributed by atoms with Crippen LogP contribution < -0.4 is 10.1 Å². The molecule has 5 nitrogen and oxygen atoms in total. The van der Waals surface area contributed by atoms with Gasteiger partial charge in [-0.3, -0.25) is 0 Å². The summed E-state index contributed by atoms with van der Waals surface area (Å²) in [6, 6.07) is 8.24. The number of thiazole rings is 1. The highest BCUT2D eigenvalue weighted by Gasteiger charge is 2.24. The van der Waals surface area contributed by atoms with Crippen LogP contribution >= 0.6 is 11.3 Å². The van der Waals surface area contributed by atoms with E-state index in [1.165, 1.54) is 0 Å². The Morgan fingerprint density at radius 3 is 2.77 bits per heavy atom. The lowest BCUT2D eigenvalue weighted by atomic mass is 10.1. The minimum atomic E-state index is 0.0217. The van der Waals surface area contributed by atoms with Crippen LogP contribution in [0.1, 0.15) is 26.7 Å². The Morgan fingerprint density at radius 2 is 2.09 bits per heavy atom. The molecule has 0 saturated carbocycles. The summed E-state index contributed by atoms with van der Waals surface area (Å²) in [7, 11) is 0. The number of nitrogens with one attached hydrogen (secondary N) is 1. The molecule has 1 aromatic carbocycles. The first-order valence-corrected chi connectivity index (χ1v) is 8.51. The highest BCUT2D eigenvalue weighted by molar-refractivity contribution is 7.20. The van der Waals surface area contributed by atoms with Gasteiger partial charge in [0.25, 0.3) is 5.19 Å². The molecule has 1 aromatic heterocycles. The van der Waals surface area contributed by atoms with Crippen molar-refractivity contribution in [2.45, 2.75) is 38.8 Å². The first-order chi connectivity index (χ1) is 10.6. The molecule has 3 rings (SSSR count). The maximum atomic E-state index is 12.0. The predicted molar refractivity (Wildman–Crippen MR) is 88.5 cm³/mol. The van der Waals surface area contributed by atoms with Gasteiger partial charge in [0.1, 0.15) is 6.10 Å². The van der Waals surface area contributed by atoms with Crippen LogP contribution in [0.2, 0.25) is 0 Å². The molecule has 2 amide bonds. The van der Waals surface area contributed by atoms with E-state index in [2.05, 4.69) is 16.4 Å². The van der Waals surface area contributed by atoms with Crippen molar-refractivity contribution in [3.8, 4) is 5.19 Å². The molecule has 0 bridgehead atoms. The van der Waals surface area contributed by atoms with Gasteiger partial charge in [0, 0.05) is 32.0 Å². The number of fused-ring (bicyclic) bond motifs is 1. The van der Waals surface area contributed by atoms with Crippen molar-refractivity contribution in [2.75, 3.05) is 13.1 Å². The zero-order chi connectivity index (χ0) is 15.5. The number of piperidine rings is 1. The van der Waals surface area contributed by atoms with E-state index in [4.69, 9.17) is 4.74 Å². The van der Waals surface area contributed by atoms with Gasteiger partial charge in [-0.05, 0) is 26.0 Å². The van der Waals surface area contributed by atoms with Gasteiger partial charge < -0.3 is 15.0 Å². The monoisotopic (exact) mass is 319 g/mol. The fourth-order valence-electron chi connectivity index (χ4n) is 2.56. The number of carbonyl (C=O) groups is 1. The zero-order valence-corrected chi connectivity index (χ0v) is 13.7. The van der Waals surface area contributed by atoms with Crippen molar-refractivity contribution in [3.05, 3.63) is 24.3 Å². The van der Waals surface area contributed by atoms with Gasteiger partial charge in [-0.2, -0.15) is 0 Å². The Bertz CT molecular complexity index is 615. The second kappa shape index (κ2) is 6.52. The summed E-state index contributed by atoms with van der Waals surface area (Å²) >= 11 is 1.58. The number of rotatable bonds is 3. The molecule has 2 heterocycles. The van der Waals surface area contributed by atoms with Crippen LogP contribution in [-0.4, -0.2) is 41.2 Å². The largest absolute Gasteiger partial charge is 0.467 e. The minimum Gasteiger partial charge on any atom is -0.467 e. The molecule has 118 valence electrons. The van der Waals surface area contributed by atoms with E-state index in [0.29, 0.717) is 0 Å². The number of benzene rings is 1. The van der Waals surface area contributed by atoms with E-state index in [-0.39, 0.29) is 18.2 Å². The van der Waals surface area contributed by atoms with E-state index in [1.54, 1.807) is 11.3 Å². The normalized spacial score (nSPS) is 16.2. The van der Waals surface area contributed by atoms with Crippen molar-refractivity contribution in [3.63, 3.8) is 0 Å². The first-order valence-electron chi connectivity index (χ1n) is 7.69. The first kappa shape index (κ1) is 15.1. The molecule has 0 aliphatic carbocycles. The maximum absolute atomic E-state index is 12.0. The van der Waals surface area contributed by atoms with E-state index in [1.807, 2.05) is 36.9 Å². The minimum absolute atomic E-state index is 0.0217. The lowest BCUT2D eigenvalue weighted by molar-refractivity contribution is 0.110. The van der Waals surface area contributed by atoms with Gasteiger partial charge in [-0.1, -0.05) is 23.5 Å². The molecule has 1 aliphatic rings. The number of para-hydroxylation sites is 1. The molecule has 1 aliphatic heterocycles. The number of amides is 2. The maximum Gasteiger partial charge on any atom is 0.317 e. The Balaban J connectivity index is 1.54. The fraction of sp³-hybridized carbons (Fsp3) is 0.500. The molecule has 2 aromatic rings. The Kier molecular flexibility index (Phi) is 4.47. The lowest BCUT2D eigenvalue weighted by Gasteiger charge is -2.32. The summed E-state index contributed by atoms with van der Waals surface area (Å²) in [6.45, 7) is 5.41. The van der Waals surface area contributed by atoms with Crippen LogP contribution in [0.4, 0.5) is 4.79 Å². The number of aromatic nitrogens is 1. The van der Waals surface area contributed by atoms with Crippen molar-refractivity contribution < 1.29 is 9.53 Å². The van der Waals surface area contributed by atoms with E-state index < -0.39 is 0 Å². The number of hydrogen-bond donors (Lipinski definition) is 1. The smallest absolute Gasteiger partial charge is 0.317 e. The summed E-state index contributed by atoms with van der Waals surface area (Å²) in [5.41, 5.74) is 0.983. The van der Waals surface area contributed by atoms with E-state index >= 15 is 0 Å². The molecular formula is C16H21N3O2S. The molecular weight excluding hydrogens is 298 g/mol. The van der Waals surface area contributed by atoms with Gasteiger partial charge in [0.05, 0.1) is 10.2 Å². The van der Waals surface area contributed by atoms with Crippen molar-refractivity contribution >= 4 is 27.6 Å². The van der Waals surface area contributed by atoms with Crippen LogP contribution in [0.3, 0.4) is 0 Å². The predicted octanol–water partition coefficient (Wildman–Crippen LogP) is 3.26. The van der Waals surface area contributed by atoms with Crippen molar-refractivity contribution in [1.82, 2.24) is 15.2 Å². The molecule has 0 radical (unpaired) electrons. The van der Waals surface area contributed by atoms with Crippen LogP contribution in [0.25, 0.3) is 10.2 Å². The van der Waals surface area contributed by atoms with Gasteiger partial charge in [0.15, 0.2) is 0 Å². The summed E-state index contributed by atoms with van der Waals surface area (Å²) in [5.74, 6) is 0. The van der Waals surface area contributed by atoms with E-state index in [9.17, 15) is 4.79 Å². The number of nitrogens with zero attached hydrogens (tertiary/aromatic N) is 2. The fourth-order valence-corrected chi connectivity index (χ4v) is 3.44. The topological polar surface area (TPSA) is 54.5 Å². The molecule has 22 heavy (non-hydrogen) atoms. The molecule has 0 atom stereocenters. The summed E-state index contributed by atoms with van der Waals surface area (Å²) < 4.78 is 7.14. The van der Waals surface area contributed by atoms with E-state index in [0.717, 1.165) is 41.3 Å². The number of carbonyl (C=O) groups excluding carboxylic acids is 1. The highest BCUT2D eigenvalue weighted by atomic mass is 32.1. The number of ether oxygens (including phenoxy) is 1. The zero-order valence-electron chi connectivity index (χ0n) is 12.9. The molecule has 1 N–H and O–H groups in total. The molecule has 1 saturated heterocycles. The third-order valence-corrected chi connectivity index (χ3v) is 4.61. The summed E-state index contributed by atoms with van der Waals surface area (Å²) in [4.78, 5) is 18.3. The summed E-state index contributed by atoms with van der Waals surface area (Å²) in [6.07, 6.45) is 1.84. The van der Waals surface area contributed by atoms with Crippen LogP contribution in [0, 0.1) is 0 Å². The van der Waals surface area contributed by atoms with Gasteiger partial charge >= 0.3 is 6.03 Å². The number of hydrogen-bond acceptors (Lipinski definition) is 4. The number of urea groups is 1. The molecule has 0 unspecified atom stereocenters. The highest BCUT2D eigenvalue weighted by Crippen LogP contribution is 2.29. The standard InChI is InChI=1S/C16H21N3O2S/c1-11(2)17-15(20)19-9-7-12(8-10-19)21-16-18-13-5-3-4-6-14(13)22-16/h3-6,11-12H,7-10H2,1-2H3,(H,17,20). The second-order valence-corrected chi connectivity index (χ2v) is 6.85. The SMILES string of the molecule is CC(C)NC(=O)N1CCC(Oc2nc3ccccc3s2)CC1. The second-order valence-electron chi connectivity index (χ2n) is 5.86. The Morgan fingerprint density at radius 1 is 1.36 bits per heavy atom. The molecule has 0 spiro atoms.